The van der Waals surface area contributed by atoms with E-state index in [0.29, 0.717) is 5.69 Å². The molecule has 2 N–H and O–H groups in total. The highest BCUT2D eigenvalue weighted by atomic mass is 32.2. The highest BCUT2D eigenvalue weighted by molar-refractivity contribution is 7.91. The molecule has 0 bridgehead atoms. The Kier molecular flexibility index (Phi) is 2.38. The van der Waals surface area contributed by atoms with E-state index < -0.39 is 9.84 Å². The van der Waals surface area contributed by atoms with E-state index in [1.54, 1.807) is 6.92 Å². The summed E-state index contributed by atoms with van der Waals surface area (Å²) in [4.78, 5) is 8.04. The molecule has 0 unspecified atom stereocenters. The summed E-state index contributed by atoms with van der Waals surface area (Å²) < 4.78 is 23.5. The number of hydrogen-bond acceptors (Lipinski definition) is 5. The first-order valence-corrected chi connectivity index (χ1v) is 6.55. The van der Waals surface area contributed by atoms with E-state index >= 15 is 0 Å². The standard InChI is InChI=1S/C9H13N3O2S/c1-2-15(13,14)7-5-11-9(10)12-8(7)6-3-4-6/h5-6H,2-4H2,1H3,(H2,10,11,12). The van der Waals surface area contributed by atoms with Crippen LogP contribution in [0.3, 0.4) is 0 Å². The minimum atomic E-state index is -3.23. The first-order chi connectivity index (χ1) is 7.04. The number of sulfone groups is 1. The molecule has 0 saturated heterocycles. The summed E-state index contributed by atoms with van der Waals surface area (Å²) in [6, 6.07) is 0. The fourth-order valence-electron chi connectivity index (χ4n) is 1.44. The van der Waals surface area contributed by atoms with Crippen LogP contribution in [0.2, 0.25) is 0 Å². The zero-order chi connectivity index (χ0) is 11.1. The van der Waals surface area contributed by atoms with Crippen LogP contribution in [0.15, 0.2) is 11.1 Å². The normalized spacial score (nSPS) is 16.6. The first-order valence-electron chi connectivity index (χ1n) is 4.89. The maximum Gasteiger partial charge on any atom is 0.220 e. The Hall–Kier alpha value is -1.17. The van der Waals surface area contributed by atoms with Gasteiger partial charge >= 0.3 is 0 Å². The van der Waals surface area contributed by atoms with Crippen LogP contribution in [0.5, 0.6) is 0 Å². The Labute approximate surface area is 88.7 Å². The van der Waals surface area contributed by atoms with E-state index in [2.05, 4.69) is 9.97 Å². The summed E-state index contributed by atoms with van der Waals surface area (Å²) in [5.74, 6) is 0.471. The molecule has 0 aliphatic heterocycles. The van der Waals surface area contributed by atoms with Crippen molar-refractivity contribution in [3.63, 3.8) is 0 Å². The van der Waals surface area contributed by atoms with Crippen molar-refractivity contribution in [3.8, 4) is 0 Å². The zero-order valence-corrected chi connectivity index (χ0v) is 9.29. The fraction of sp³-hybridized carbons (Fsp3) is 0.556. The predicted molar refractivity (Wildman–Crippen MR) is 56.1 cm³/mol. The summed E-state index contributed by atoms with van der Waals surface area (Å²) >= 11 is 0. The van der Waals surface area contributed by atoms with Gasteiger partial charge in [0.05, 0.1) is 17.6 Å². The van der Waals surface area contributed by atoms with E-state index in [4.69, 9.17) is 5.73 Å². The smallest absolute Gasteiger partial charge is 0.220 e. The molecule has 1 aliphatic carbocycles. The van der Waals surface area contributed by atoms with Crippen LogP contribution in [0.25, 0.3) is 0 Å². The Morgan fingerprint density at radius 1 is 1.53 bits per heavy atom. The van der Waals surface area contributed by atoms with Gasteiger partial charge in [0, 0.05) is 5.92 Å². The molecule has 1 heterocycles. The number of hydrogen-bond donors (Lipinski definition) is 1. The number of nitrogen functional groups attached to an aromatic ring is 1. The summed E-state index contributed by atoms with van der Waals surface area (Å²) in [6.45, 7) is 1.61. The highest BCUT2D eigenvalue weighted by Gasteiger charge is 2.31. The molecular weight excluding hydrogens is 214 g/mol. The summed E-state index contributed by atoms with van der Waals surface area (Å²) in [6.07, 6.45) is 3.31. The molecule has 82 valence electrons. The second-order valence-corrected chi connectivity index (χ2v) is 5.90. The van der Waals surface area contributed by atoms with Gasteiger partial charge in [0.2, 0.25) is 5.95 Å². The lowest BCUT2D eigenvalue weighted by atomic mass is 10.3. The third-order valence-electron chi connectivity index (χ3n) is 2.48. The number of aromatic nitrogens is 2. The molecule has 1 aromatic heterocycles. The van der Waals surface area contributed by atoms with Gasteiger partial charge in [0.15, 0.2) is 9.84 Å². The highest BCUT2D eigenvalue weighted by Crippen LogP contribution is 2.41. The molecule has 0 atom stereocenters. The lowest BCUT2D eigenvalue weighted by Crippen LogP contribution is -2.10. The van der Waals surface area contributed by atoms with Crippen molar-refractivity contribution in [1.29, 1.82) is 0 Å². The fourth-order valence-corrected chi connectivity index (χ4v) is 2.50. The lowest BCUT2D eigenvalue weighted by Gasteiger charge is -2.07. The Morgan fingerprint density at radius 3 is 2.73 bits per heavy atom. The van der Waals surface area contributed by atoms with E-state index in [1.807, 2.05) is 0 Å². The average molecular weight is 227 g/mol. The molecule has 0 aromatic carbocycles. The van der Waals surface area contributed by atoms with Crippen LogP contribution in [-0.4, -0.2) is 24.1 Å². The van der Waals surface area contributed by atoms with E-state index in [-0.39, 0.29) is 22.5 Å². The Bertz CT molecular complexity index is 480. The van der Waals surface area contributed by atoms with Crippen molar-refractivity contribution in [3.05, 3.63) is 11.9 Å². The van der Waals surface area contributed by atoms with Crippen LogP contribution in [-0.2, 0) is 9.84 Å². The predicted octanol–water partition coefficient (Wildman–Crippen LogP) is 0.730. The van der Waals surface area contributed by atoms with Gasteiger partial charge in [0.1, 0.15) is 4.90 Å². The van der Waals surface area contributed by atoms with Crippen molar-refractivity contribution in [1.82, 2.24) is 9.97 Å². The van der Waals surface area contributed by atoms with Gasteiger partial charge in [-0.3, -0.25) is 0 Å². The summed E-state index contributed by atoms with van der Waals surface area (Å²) in [5, 5.41) is 0. The largest absolute Gasteiger partial charge is 0.368 e. The second-order valence-electron chi connectivity index (χ2n) is 3.66. The third-order valence-corrected chi connectivity index (χ3v) is 4.23. The number of anilines is 1. The van der Waals surface area contributed by atoms with Gasteiger partial charge in [-0.15, -0.1) is 0 Å². The lowest BCUT2D eigenvalue weighted by molar-refractivity contribution is 0.594. The van der Waals surface area contributed by atoms with Crippen LogP contribution in [0, 0.1) is 0 Å². The van der Waals surface area contributed by atoms with Crippen LogP contribution in [0.1, 0.15) is 31.4 Å². The van der Waals surface area contributed by atoms with Crippen molar-refractivity contribution >= 4 is 15.8 Å². The van der Waals surface area contributed by atoms with E-state index in [9.17, 15) is 8.42 Å². The summed E-state index contributed by atoms with van der Waals surface area (Å²) in [7, 11) is -3.23. The zero-order valence-electron chi connectivity index (χ0n) is 8.47. The van der Waals surface area contributed by atoms with Gasteiger partial charge in [-0.2, -0.15) is 0 Å². The summed E-state index contributed by atoms with van der Waals surface area (Å²) in [5.41, 5.74) is 6.06. The second kappa shape index (κ2) is 3.44. The van der Waals surface area contributed by atoms with Crippen LogP contribution in [0.4, 0.5) is 5.95 Å². The van der Waals surface area contributed by atoms with Crippen molar-refractivity contribution in [2.24, 2.45) is 0 Å². The van der Waals surface area contributed by atoms with Gasteiger partial charge in [-0.25, -0.2) is 18.4 Å². The first kappa shape index (κ1) is 10.4. The topological polar surface area (TPSA) is 85.9 Å². The minimum absolute atomic E-state index is 0.0694. The molecule has 0 amide bonds. The molecule has 2 rings (SSSR count). The molecule has 1 fully saturated rings. The van der Waals surface area contributed by atoms with Crippen LogP contribution < -0.4 is 5.73 Å². The molecule has 0 radical (unpaired) electrons. The van der Waals surface area contributed by atoms with Gasteiger partial charge in [0.25, 0.3) is 0 Å². The maximum absolute atomic E-state index is 11.7. The minimum Gasteiger partial charge on any atom is -0.368 e. The monoisotopic (exact) mass is 227 g/mol. The SMILES string of the molecule is CCS(=O)(=O)c1cnc(N)nc1C1CC1. The quantitative estimate of drug-likeness (QED) is 0.822. The molecule has 0 spiro atoms. The third kappa shape index (κ3) is 1.94. The molecule has 15 heavy (non-hydrogen) atoms. The van der Waals surface area contributed by atoms with Gasteiger partial charge < -0.3 is 5.73 Å². The Morgan fingerprint density at radius 2 is 2.20 bits per heavy atom. The molecular formula is C9H13N3O2S. The maximum atomic E-state index is 11.7. The van der Waals surface area contributed by atoms with Crippen molar-refractivity contribution in [2.45, 2.75) is 30.6 Å². The van der Waals surface area contributed by atoms with Crippen molar-refractivity contribution < 1.29 is 8.42 Å². The van der Waals surface area contributed by atoms with Gasteiger partial charge in [-0.1, -0.05) is 6.92 Å². The van der Waals surface area contributed by atoms with E-state index in [1.165, 1.54) is 6.20 Å². The molecule has 5 nitrogen and oxygen atoms in total. The number of nitrogens with two attached hydrogens (primary N) is 1. The van der Waals surface area contributed by atoms with E-state index in [0.717, 1.165) is 12.8 Å². The molecule has 1 saturated carbocycles. The number of rotatable bonds is 3. The van der Waals surface area contributed by atoms with Crippen LogP contribution >= 0.6 is 0 Å². The average Bonchev–Trinajstić information content (AvgIpc) is 3.00. The Balaban J connectivity index is 2.55. The van der Waals surface area contributed by atoms with Gasteiger partial charge in [-0.05, 0) is 12.8 Å². The van der Waals surface area contributed by atoms with Crippen molar-refractivity contribution in [2.75, 3.05) is 11.5 Å². The molecule has 6 heteroatoms. The molecule has 1 aromatic rings. The number of nitrogens with zero attached hydrogens (tertiary/aromatic N) is 2. The molecule has 1 aliphatic rings.